The summed E-state index contributed by atoms with van der Waals surface area (Å²) in [4.78, 5) is 0. The van der Waals surface area contributed by atoms with Crippen molar-refractivity contribution in [1.82, 2.24) is 5.32 Å². The second-order valence-corrected chi connectivity index (χ2v) is 3.76. The first-order valence-corrected chi connectivity index (χ1v) is 5.17. The van der Waals surface area contributed by atoms with Crippen molar-refractivity contribution in [2.45, 2.75) is 20.4 Å². The van der Waals surface area contributed by atoms with Crippen LogP contribution in [-0.4, -0.2) is 17.5 Å². The maximum atomic E-state index is 8.58. The van der Waals surface area contributed by atoms with Crippen LogP contribution >= 0.6 is 0 Å². The number of rotatable bonds is 5. The molecule has 0 fully saturated rings. The molecular weight excluding hydrogens is 188 g/mol. The Morgan fingerprint density at radius 3 is 2.67 bits per heavy atom. The van der Waals surface area contributed by atoms with Crippen molar-refractivity contribution in [2.24, 2.45) is 11.1 Å². The van der Waals surface area contributed by atoms with Gasteiger partial charge in [0.1, 0.15) is 0 Å². The maximum Gasteiger partial charge on any atom is 0.0580 e. The first kappa shape index (κ1) is 11.7. The molecule has 0 amide bonds. The zero-order chi connectivity index (χ0) is 11.1. The molecule has 0 heterocycles. The summed E-state index contributed by atoms with van der Waals surface area (Å²) in [7, 11) is 0. The van der Waals surface area contributed by atoms with Crippen LogP contribution in [0.4, 0.5) is 0 Å². The molecule has 2 N–H and O–H groups in total. The van der Waals surface area contributed by atoms with Crippen LogP contribution in [0.15, 0.2) is 35.5 Å². The fraction of sp³-hybridized carbons (Fsp3) is 0.417. The number of nitrogens with one attached hydrogen (secondary N) is 1. The Labute approximate surface area is 90.8 Å². The van der Waals surface area contributed by atoms with E-state index in [1.54, 1.807) is 0 Å². The van der Waals surface area contributed by atoms with Gasteiger partial charge in [0.25, 0.3) is 0 Å². The van der Waals surface area contributed by atoms with E-state index in [9.17, 15) is 0 Å². The Kier molecular flexibility index (Phi) is 4.84. The molecule has 0 saturated carbocycles. The topological polar surface area (TPSA) is 44.6 Å². The summed E-state index contributed by atoms with van der Waals surface area (Å²) in [6.07, 6.45) is 0. The van der Waals surface area contributed by atoms with Crippen molar-refractivity contribution in [1.29, 1.82) is 0 Å². The molecule has 1 aromatic rings. The van der Waals surface area contributed by atoms with Gasteiger partial charge in [-0.1, -0.05) is 42.4 Å². The summed E-state index contributed by atoms with van der Waals surface area (Å²) >= 11 is 0. The molecule has 1 atom stereocenters. The molecule has 1 rings (SSSR count). The van der Waals surface area contributed by atoms with Gasteiger partial charge in [0.15, 0.2) is 0 Å². The SMILES string of the molecule is C/C(=N\O)C(C)CNCc1ccccc1. The van der Waals surface area contributed by atoms with Gasteiger partial charge in [-0.3, -0.25) is 0 Å². The van der Waals surface area contributed by atoms with Crippen molar-refractivity contribution in [3.05, 3.63) is 35.9 Å². The first-order valence-electron chi connectivity index (χ1n) is 5.17. The first-order chi connectivity index (χ1) is 7.24. The molecule has 0 bridgehead atoms. The largest absolute Gasteiger partial charge is 0.411 e. The van der Waals surface area contributed by atoms with Crippen LogP contribution in [0.3, 0.4) is 0 Å². The van der Waals surface area contributed by atoms with Crippen molar-refractivity contribution in [3.63, 3.8) is 0 Å². The Hall–Kier alpha value is -1.35. The minimum absolute atomic E-state index is 0.263. The van der Waals surface area contributed by atoms with E-state index in [0.29, 0.717) is 0 Å². The van der Waals surface area contributed by atoms with Crippen LogP contribution in [0.5, 0.6) is 0 Å². The Morgan fingerprint density at radius 1 is 1.40 bits per heavy atom. The summed E-state index contributed by atoms with van der Waals surface area (Å²) in [6.45, 7) is 5.54. The average molecular weight is 206 g/mol. The van der Waals surface area contributed by atoms with Crippen LogP contribution in [-0.2, 0) is 6.54 Å². The van der Waals surface area contributed by atoms with Gasteiger partial charge in [-0.05, 0) is 12.5 Å². The van der Waals surface area contributed by atoms with E-state index < -0.39 is 0 Å². The highest BCUT2D eigenvalue weighted by atomic mass is 16.4. The van der Waals surface area contributed by atoms with Crippen LogP contribution in [0.1, 0.15) is 19.4 Å². The minimum atomic E-state index is 0.263. The summed E-state index contributed by atoms with van der Waals surface area (Å²) in [6, 6.07) is 10.2. The molecule has 0 spiro atoms. The highest BCUT2D eigenvalue weighted by Crippen LogP contribution is 2.00. The molecule has 0 aliphatic carbocycles. The zero-order valence-corrected chi connectivity index (χ0v) is 9.27. The molecule has 0 saturated heterocycles. The number of oxime groups is 1. The number of benzene rings is 1. The molecule has 3 nitrogen and oxygen atoms in total. The highest BCUT2D eigenvalue weighted by molar-refractivity contribution is 5.83. The standard InChI is InChI=1S/C12H18N2O/c1-10(11(2)14-15)8-13-9-12-6-4-3-5-7-12/h3-7,10,13,15H,8-9H2,1-2H3/b14-11+. The third-order valence-corrected chi connectivity index (χ3v) is 2.49. The molecular formula is C12H18N2O. The van der Waals surface area contributed by atoms with Crippen LogP contribution in [0.25, 0.3) is 0 Å². The van der Waals surface area contributed by atoms with E-state index >= 15 is 0 Å². The molecule has 0 aliphatic rings. The lowest BCUT2D eigenvalue weighted by Crippen LogP contribution is -2.24. The van der Waals surface area contributed by atoms with E-state index in [4.69, 9.17) is 5.21 Å². The smallest absolute Gasteiger partial charge is 0.0580 e. The van der Waals surface area contributed by atoms with Gasteiger partial charge in [-0.25, -0.2) is 0 Å². The minimum Gasteiger partial charge on any atom is -0.411 e. The van der Waals surface area contributed by atoms with Gasteiger partial charge < -0.3 is 10.5 Å². The third kappa shape index (κ3) is 4.13. The van der Waals surface area contributed by atoms with Crippen LogP contribution in [0, 0.1) is 5.92 Å². The van der Waals surface area contributed by atoms with Crippen LogP contribution < -0.4 is 5.32 Å². The fourth-order valence-corrected chi connectivity index (χ4v) is 1.28. The second kappa shape index (κ2) is 6.19. The Morgan fingerprint density at radius 2 is 2.07 bits per heavy atom. The Bertz CT molecular complexity index is 309. The molecule has 0 aromatic heterocycles. The molecule has 0 aliphatic heterocycles. The fourth-order valence-electron chi connectivity index (χ4n) is 1.28. The lowest BCUT2D eigenvalue weighted by Gasteiger charge is -2.11. The quantitative estimate of drug-likeness (QED) is 0.441. The van der Waals surface area contributed by atoms with E-state index in [1.807, 2.05) is 32.0 Å². The van der Waals surface area contributed by atoms with Crippen molar-refractivity contribution in [2.75, 3.05) is 6.54 Å². The summed E-state index contributed by atoms with van der Waals surface area (Å²) in [5, 5.41) is 15.1. The van der Waals surface area contributed by atoms with Gasteiger partial charge in [-0.15, -0.1) is 0 Å². The number of hydrogen-bond donors (Lipinski definition) is 2. The molecule has 15 heavy (non-hydrogen) atoms. The maximum absolute atomic E-state index is 8.58. The van der Waals surface area contributed by atoms with Crippen molar-refractivity contribution in [3.8, 4) is 0 Å². The number of nitrogens with zero attached hydrogens (tertiary/aromatic N) is 1. The second-order valence-electron chi connectivity index (χ2n) is 3.76. The van der Waals surface area contributed by atoms with Gasteiger partial charge >= 0.3 is 0 Å². The monoisotopic (exact) mass is 206 g/mol. The lowest BCUT2D eigenvalue weighted by molar-refractivity contribution is 0.314. The van der Waals surface area contributed by atoms with Crippen LogP contribution in [0.2, 0.25) is 0 Å². The van der Waals surface area contributed by atoms with Crippen molar-refractivity contribution < 1.29 is 5.21 Å². The lowest BCUT2D eigenvalue weighted by atomic mass is 10.1. The van der Waals surface area contributed by atoms with Gasteiger partial charge in [-0.2, -0.15) is 0 Å². The van der Waals surface area contributed by atoms with Gasteiger partial charge in [0, 0.05) is 19.0 Å². The Balaban J connectivity index is 2.28. The zero-order valence-electron chi connectivity index (χ0n) is 9.27. The van der Waals surface area contributed by atoms with Crippen molar-refractivity contribution >= 4 is 5.71 Å². The third-order valence-electron chi connectivity index (χ3n) is 2.49. The summed E-state index contributed by atoms with van der Waals surface area (Å²) in [5.41, 5.74) is 2.03. The predicted molar refractivity (Wildman–Crippen MR) is 62.2 cm³/mol. The number of hydrogen-bond acceptors (Lipinski definition) is 3. The molecule has 3 heteroatoms. The summed E-state index contributed by atoms with van der Waals surface area (Å²) < 4.78 is 0. The van der Waals surface area contributed by atoms with E-state index in [2.05, 4.69) is 22.6 Å². The average Bonchev–Trinajstić information content (AvgIpc) is 2.29. The summed E-state index contributed by atoms with van der Waals surface area (Å²) in [5.74, 6) is 0.263. The molecule has 1 unspecified atom stereocenters. The van der Waals surface area contributed by atoms with E-state index in [-0.39, 0.29) is 5.92 Å². The van der Waals surface area contributed by atoms with Gasteiger partial charge in [0.2, 0.25) is 0 Å². The van der Waals surface area contributed by atoms with Gasteiger partial charge in [0.05, 0.1) is 5.71 Å². The normalized spacial score (nSPS) is 13.9. The molecule has 1 aromatic carbocycles. The van der Waals surface area contributed by atoms with E-state index in [0.717, 1.165) is 18.8 Å². The predicted octanol–water partition coefficient (Wildman–Crippen LogP) is 2.26. The van der Waals surface area contributed by atoms with E-state index in [1.165, 1.54) is 5.56 Å². The highest BCUT2D eigenvalue weighted by Gasteiger charge is 2.05. The molecule has 82 valence electrons. The molecule has 0 radical (unpaired) electrons.